The fourth-order valence-electron chi connectivity index (χ4n) is 5.25. The van der Waals surface area contributed by atoms with E-state index in [1.54, 1.807) is 23.1 Å². The highest BCUT2D eigenvalue weighted by Gasteiger charge is 2.37. The van der Waals surface area contributed by atoms with Crippen molar-refractivity contribution in [3.63, 3.8) is 0 Å². The average molecular weight is 511 g/mol. The predicted molar refractivity (Wildman–Crippen MR) is 142 cm³/mol. The molecular formula is C30H26N2O6. The van der Waals surface area contributed by atoms with Gasteiger partial charge >= 0.3 is 5.97 Å². The first kappa shape index (κ1) is 23.8. The maximum atomic E-state index is 13.5. The summed E-state index contributed by atoms with van der Waals surface area (Å²) in [4.78, 5) is 40.7. The number of anilines is 1. The number of aromatic nitrogens is 1. The Morgan fingerprint density at radius 2 is 1.68 bits per heavy atom. The number of Topliss-reactive ketones (excluding diaryl/α,β-unsaturated/α-hetero) is 1. The number of hydrogen-bond acceptors (Lipinski definition) is 6. The van der Waals surface area contributed by atoms with E-state index in [9.17, 15) is 14.4 Å². The van der Waals surface area contributed by atoms with Crippen molar-refractivity contribution < 1.29 is 28.6 Å². The van der Waals surface area contributed by atoms with Crippen molar-refractivity contribution in [3.05, 3.63) is 78.4 Å². The number of carbonyl (C=O) groups is 3. The van der Waals surface area contributed by atoms with Crippen LogP contribution in [0.4, 0.5) is 5.69 Å². The van der Waals surface area contributed by atoms with E-state index in [0.717, 1.165) is 22.2 Å². The number of nitrogens with zero attached hydrogens (tertiary/aromatic N) is 2. The maximum Gasteiger partial charge on any atom is 0.311 e. The maximum absolute atomic E-state index is 13.5. The molecule has 0 bridgehead atoms. The van der Waals surface area contributed by atoms with Gasteiger partial charge in [-0.05, 0) is 23.8 Å². The number of fused-ring (bicyclic) bond motifs is 2. The van der Waals surface area contributed by atoms with Crippen molar-refractivity contribution >= 4 is 34.3 Å². The van der Waals surface area contributed by atoms with Gasteiger partial charge in [-0.2, -0.15) is 0 Å². The molecule has 1 unspecified atom stereocenters. The summed E-state index contributed by atoms with van der Waals surface area (Å²) in [5.74, 6) is -0.498. The van der Waals surface area contributed by atoms with Crippen LogP contribution in [0.1, 0.15) is 16.8 Å². The molecule has 0 saturated carbocycles. The van der Waals surface area contributed by atoms with Gasteiger partial charge in [0.1, 0.15) is 13.2 Å². The lowest BCUT2D eigenvalue weighted by atomic mass is 10.0. The van der Waals surface area contributed by atoms with Crippen LogP contribution in [0.5, 0.6) is 11.5 Å². The standard InChI is InChI=1S/C30H26N2O6/c1-31-23-10-6-5-9-22(23)28(29(31)19-7-3-2-4-8-19)24(33)18-38-30(35)20-15-27(34)32(17-20)21-11-12-25-26(16-21)37-14-13-36-25/h2-12,16,20H,13-15,17-18H2,1H3. The number of para-hydroxylation sites is 1. The van der Waals surface area contributed by atoms with E-state index in [-0.39, 0.29) is 24.7 Å². The molecule has 1 aromatic heterocycles. The summed E-state index contributed by atoms with van der Waals surface area (Å²) < 4.78 is 18.6. The first-order valence-corrected chi connectivity index (χ1v) is 12.5. The molecule has 1 fully saturated rings. The van der Waals surface area contributed by atoms with E-state index in [1.807, 2.05) is 66.2 Å². The van der Waals surface area contributed by atoms with Gasteiger partial charge in [-0.15, -0.1) is 0 Å². The van der Waals surface area contributed by atoms with Gasteiger partial charge in [0.25, 0.3) is 0 Å². The van der Waals surface area contributed by atoms with E-state index in [1.165, 1.54) is 0 Å². The minimum Gasteiger partial charge on any atom is -0.486 e. The molecule has 3 heterocycles. The molecule has 0 aliphatic carbocycles. The Labute approximate surface area is 219 Å². The number of rotatable bonds is 6. The summed E-state index contributed by atoms with van der Waals surface area (Å²) in [6, 6.07) is 22.6. The Hall–Kier alpha value is -4.59. The van der Waals surface area contributed by atoms with Crippen molar-refractivity contribution in [2.75, 3.05) is 31.3 Å². The van der Waals surface area contributed by atoms with Gasteiger partial charge < -0.3 is 23.7 Å². The molecule has 192 valence electrons. The van der Waals surface area contributed by atoms with Crippen molar-refractivity contribution in [2.24, 2.45) is 13.0 Å². The van der Waals surface area contributed by atoms with E-state index >= 15 is 0 Å². The van der Waals surface area contributed by atoms with Crippen molar-refractivity contribution in [1.82, 2.24) is 4.57 Å². The van der Waals surface area contributed by atoms with E-state index in [2.05, 4.69) is 0 Å². The average Bonchev–Trinajstić information content (AvgIpc) is 3.49. The molecule has 1 amide bonds. The number of aryl methyl sites for hydroxylation is 1. The molecule has 2 aliphatic rings. The topological polar surface area (TPSA) is 87.1 Å². The van der Waals surface area contributed by atoms with Gasteiger partial charge in [-0.1, -0.05) is 48.5 Å². The summed E-state index contributed by atoms with van der Waals surface area (Å²) >= 11 is 0. The van der Waals surface area contributed by atoms with Gasteiger partial charge in [-0.3, -0.25) is 14.4 Å². The normalized spacial score (nSPS) is 16.6. The number of hydrogen-bond donors (Lipinski definition) is 0. The zero-order valence-electron chi connectivity index (χ0n) is 20.9. The summed E-state index contributed by atoms with van der Waals surface area (Å²) in [6.07, 6.45) is 0.0188. The first-order chi connectivity index (χ1) is 18.5. The van der Waals surface area contributed by atoms with Crippen LogP contribution in [0.15, 0.2) is 72.8 Å². The Bertz CT molecular complexity index is 1560. The molecule has 0 spiro atoms. The zero-order chi connectivity index (χ0) is 26.2. The third-order valence-electron chi connectivity index (χ3n) is 7.07. The Morgan fingerprint density at radius 3 is 2.50 bits per heavy atom. The van der Waals surface area contributed by atoms with Crippen molar-refractivity contribution in [2.45, 2.75) is 6.42 Å². The van der Waals surface area contributed by atoms with Crippen LogP contribution in [-0.4, -0.2) is 48.6 Å². The van der Waals surface area contributed by atoms with Crippen LogP contribution in [0.25, 0.3) is 22.2 Å². The molecular weight excluding hydrogens is 484 g/mol. The first-order valence-electron chi connectivity index (χ1n) is 12.5. The van der Waals surface area contributed by atoms with Gasteiger partial charge in [-0.25, -0.2) is 0 Å². The molecule has 3 aromatic carbocycles. The highest BCUT2D eigenvalue weighted by Crippen LogP contribution is 2.36. The van der Waals surface area contributed by atoms with E-state index < -0.39 is 18.5 Å². The van der Waals surface area contributed by atoms with E-state index in [4.69, 9.17) is 14.2 Å². The lowest BCUT2D eigenvalue weighted by molar-refractivity contribution is -0.147. The molecule has 1 atom stereocenters. The van der Waals surface area contributed by atoms with E-state index in [0.29, 0.717) is 36.0 Å². The molecule has 8 heteroatoms. The van der Waals surface area contributed by atoms with Crippen molar-refractivity contribution in [3.8, 4) is 22.8 Å². The zero-order valence-corrected chi connectivity index (χ0v) is 20.9. The Balaban J connectivity index is 1.19. The van der Waals surface area contributed by atoms with Crippen LogP contribution in [0, 0.1) is 5.92 Å². The molecule has 1 saturated heterocycles. The summed E-state index contributed by atoms with van der Waals surface area (Å²) in [5.41, 5.74) is 3.74. The summed E-state index contributed by atoms with van der Waals surface area (Å²) in [7, 11) is 1.92. The molecule has 0 N–H and O–H groups in total. The fourth-order valence-corrected chi connectivity index (χ4v) is 5.25. The predicted octanol–water partition coefficient (Wildman–Crippen LogP) is 4.40. The molecule has 6 rings (SSSR count). The second-order valence-electron chi connectivity index (χ2n) is 9.43. The summed E-state index contributed by atoms with van der Waals surface area (Å²) in [5, 5.41) is 0.802. The number of benzene rings is 3. The number of amides is 1. The molecule has 2 aliphatic heterocycles. The molecule has 8 nitrogen and oxygen atoms in total. The monoisotopic (exact) mass is 510 g/mol. The largest absolute Gasteiger partial charge is 0.486 e. The van der Waals surface area contributed by atoms with Crippen LogP contribution < -0.4 is 14.4 Å². The van der Waals surface area contributed by atoms with Crippen LogP contribution >= 0.6 is 0 Å². The highest BCUT2D eigenvalue weighted by molar-refractivity contribution is 6.14. The Morgan fingerprint density at radius 1 is 0.947 bits per heavy atom. The highest BCUT2D eigenvalue weighted by atomic mass is 16.6. The smallest absolute Gasteiger partial charge is 0.311 e. The minimum atomic E-state index is -0.662. The SMILES string of the molecule is Cn1c(-c2ccccc2)c(C(=O)COC(=O)C2CC(=O)N(c3ccc4c(c3)OCCO4)C2)c2ccccc21. The molecule has 38 heavy (non-hydrogen) atoms. The molecule has 0 radical (unpaired) electrons. The van der Waals surface area contributed by atoms with Crippen LogP contribution in [0.2, 0.25) is 0 Å². The third-order valence-corrected chi connectivity index (χ3v) is 7.07. The van der Waals surface area contributed by atoms with Gasteiger partial charge in [0.15, 0.2) is 18.1 Å². The van der Waals surface area contributed by atoms with Crippen LogP contribution in [0.3, 0.4) is 0 Å². The Kier molecular flexibility index (Phi) is 6.07. The number of carbonyl (C=O) groups excluding carboxylic acids is 3. The quantitative estimate of drug-likeness (QED) is 0.282. The molecule has 4 aromatic rings. The lowest BCUT2D eigenvalue weighted by Gasteiger charge is -2.22. The third kappa shape index (κ3) is 4.18. The fraction of sp³-hybridized carbons (Fsp3) is 0.233. The van der Waals surface area contributed by atoms with Crippen LogP contribution in [-0.2, 0) is 21.4 Å². The van der Waals surface area contributed by atoms with Crippen molar-refractivity contribution in [1.29, 1.82) is 0 Å². The minimum absolute atomic E-state index is 0.0188. The van der Waals surface area contributed by atoms with Gasteiger partial charge in [0, 0.05) is 42.7 Å². The van der Waals surface area contributed by atoms with Gasteiger partial charge in [0.2, 0.25) is 11.7 Å². The second kappa shape index (κ2) is 9.70. The van der Waals surface area contributed by atoms with Gasteiger partial charge in [0.05, 0.1) is 17.2 Å². The second-order valence-corrected chi connectivity index (χ2v) is 9.43. The lowest BCUT2D eigenvalue weighted by Crippen LogP contribution is -2.27. The number of esters is 1. The number of ketones is 1. The number of ether oxygens (including phenoxy) is 3. The summed E-state index contributed by atoms with van der Waals surface area (Å²) in [6.45, 7) is 0.694.